The molecular weight excluding hydrogens is 571 g/mol. The molecule has 0 N–H and O–H groups in total. The lowest BCUT2D eigenvalue weighted by atomic mass is 9.88. The van der Waals surface area contributed by atoms with Gasteiger partial charge in [0, 0.05) is 45.7 Å². The van der Waals surface area contributed by atoms with E-state index in [-0.39, 0.29) is 24.6 Å². The lowest BCUT2D eigenvalue weighted by molar-refractivity contribution is -0.143. The van der Waals surface area contributed by atoms with Gasteiger partial charge in [-0.25, -0.2) is 9.18 Å². The van der Waals surface area contributed by atoms with Crippen molar-refractivity contribution in [2.75, 3.05) is 32.7 Å². The minimum atomic E-state index is -5.04. The first-order chi connectivity index (χ1) is 19.5. The fourth-order valence-electron chi connectivity index (χ4n) is 5.71. The zero-order chi connectivity index (χ0) is 31.0. The number of aryl methyl sites for hydroxylation is 1. The van der Waals surface area contributed by atoms with Crippen molar-refractivity contribution >= 4 is 12.0 Å². The van der Waals surface area contributed by atoms with E-state index in [9.17, 15) is 40.3 Å². The summed E-state index contributed by atoms with van der Waals surface area (Å²) in [4.78, 5) is 30.6. The highest BCUT2D eigenvalue weighted by Gasteiger charge is 2.40. The maximum Gasteiger partial charge on any atom is 0.416 e. The number of halogens is 7. The van der Waals surface area contributed by atoms with Gasteiger partial charge in [-0.1, -0.05) is 6.07 Å². The van der Waals surface area contributed by atoms with Crippen LogP contribution in [0.2, 0.25) is 0 Å². The molecule has 2 amide bonds. The number of piperidine rings is 1. The summed E-state index contributed by atoms with van der Waals surface area (Å²) in [5, 5.41) is 0. The normalized spacial score (nSPS) is 21.3. The van der Waals surface area contributed by atoms with Gasteiger partial charge in [0.1, 0.15) is 11.9 Å². The quantitative estimate of drug-likeness (QED) is 0.364. The van der Waals surface area contributed by atoms with Crippen molar-refractivity contribution in [2.45, 2.75) is 64.2 Å². The summed E-state index contributed by atoms with van der Waals surface area (Å²) in [5.41, 5.74) is -2.20. The van der Waals surface area contributed by atoms with Crippen LogP contribution in [0.4, 0.5) is 35.5 Å². The molecule has 13 heteroatoms. The molecule has 0 aromatic heterocycles. The molecule has 2 aliphatic rings. The Morgan fingerprint density at radius 2 is 1.50 bits per heavy atom. The average molecular weight is 604 g/mol. The molecule has 2 aliphatic heterocycles. The maximum atomic E-state index is 13.9. The first-order valence-corrected chi connectivity index (χ1v) is 13.6. The van der Waals surface area contributed by atoms with Crippen LogP contribution in [0.3, 0.4) is 0 Å². The number of rotatable bonds is 4. The summed E-state index contributed by atoms with van der Waals surface area (Å²) in [6.07, 6.45) is -11.4. The summed E-state index contributed by atoms with van der Waals surface area (Å²) < 4.78 is 99.6. The molecule has 0 unspecified atom stereocenters. The van der Waals surface area contributed by atoms with Gasteiger partial charge in [0.05, 0.1) is 17.2 Å². The number of ether oxygens (including phenoxy) is 1. The van der Waals surface area contributed by atoms with Gasteiger partial charge >= 0.3 is 18.4 Å². The average Bonchev–Trinajstić information content (AvgIpc) is 2.91. The van der Waals surface area contributed by atoms with Crippen molar-refractivity contribution in [3.05, 3.63) is 70.0 Å². The molecular formula is C29H32F7N3O3. The first-order valence-electron chi connectivity index (χ1n) is 13.6. The van der Waals surface area contributed by atoms with E-state index in [0.717, 1.165) is 0 Å². The van der Waals surface area contributed by atoms with E-state index in [1.807, 2.05) is 0 Å². The van der Waals surface area contributed by atoms with Crippen molar-refractivity contribution in [1.29, 1.82) is 0 Å². The van der Waals surface area contributed by atoms with Gasteiger partial charge in [0.15, 0.2) is 0 Å². The molecule has 0 saturated carbocycles. The molecule has 0 radical (unpaired) electrons. The highest BCUT2D eigenvalue weighted by atomic mass is 19.4. The van der Waals surface area contributed by atoms with Gasteiger partial charge in [-0.15, -0.1) is 0 Å². The Balaban J connectivity index is 1.58. The number of piperazine rings is 1. The van der Waals surface area contributed by atoms with E-state index in [0.29, 0.717) is 62.3 Å². The number of hydrogen-bond donors (Lipinski definition) is 0. The fraction of sp³-hybridized carbons (Fsp3) is 0.517. The van der Waals surface area contributed by atoms with Crippen molar-refractivity contribution in [3.8, 4) is 0 Å². The summed E-state index contributed by atoms with van der Waals surface area (Å²) in [6.45, 7) is 7.01. The van der Waals surface area contributed by atoms with Gasteiger partial charge < -0.3 is 14.5 Å². The highest BCUT2D eigenvalue weighted by Crippen LogP contribution is 2.39. The number of nitrogens with zero attached hydrogens (tertiary/aromatic N) is 3. The molecule has 2 fully saturated rings. The molecule has 2 aromatic carbocycles. The third kappa shape index (κ3) is 7.16. The fourth-order valence-corrected chi connectivity index (χ4v) is 5.71. The predicted octanol–water partition coefficient (Wildman–Crippen LogP) is 6.74. The number of alkyl halides is 6. The van der Waals surface area contributed by atoms with Gasteiger partial charge in [0.2, 0.25) is 5.91 Å². The van der Waals surface area contributed by atoms with E-state index >= 15 is 0 Å². The second-order valence-corrected chi connectivity index (χ2v) is 10.8. The Morgan fingerprint density at radius 1 is 0.905 bits per heavy atom. The third-order valence-corrected chi connectivity index (χ3v) is 8.03. The second kappa shape index (κ2) is 12.1. The van der Waals surface area contributed by atoms with Crippen LogP contribution in [0, 0.1) is 12.7 Å². The Labute approximate surface area is 239 Å². The molecule has 2 aromatic rings. The minimum absolute atomic E-state index is 0.00993. The van der Waals surface area contributed by atoms with E-state index in [1.54, 1.807) is 17.9 Å². The Kier molecular flexibility index (Phi) is 9.10. The monoisotopic (exact) mass is 603 g/mol. The molecule has 0 bridgehead atoms. The number of likely N-dealkylation sites (tertiary alicyclic amines) is 1. The van der Waals surface area contributed by atoms with Gasteiger partial charge in [-0.2, -0.15) is 26.3 Å². The van der Waals surface area contributed by atoms with Crippen LogP contribution in [0.1, 0.15) is 66.7 Å². The summed E-state index contributed by atoms with van der Waals surface area (Å²) >= 11 is 0. The van der Waals surface area contributed by atoms with E-state index < -0.39 is 53.1 Å². The van der Waals surface area contributed by atoms with Crippen LogP contribution in [0.5, 0.6) is 0 Å². The van der Waals surface area contributed by atoms with Crippen LogP contribution in [-0.4, -0.2) is 65.5 Å². The number of amides is 2. The van der Waals surface area contributed by atoms with Crippen LogP contribution in [0.25, 0.3) is 0 Å². The molecule has 2 heterocycles. The molecule has 2 saturated heterocycles. The van der Waals surface area contributed by atoms with Gasteiger partial charge in [0.25, 0.3) is 0 Å². The van der Waals surface area contributed by atoms with Gasteiger partial charge in [-0.3, -0.25) is 9.69 Å². The Hall–Kier alpha value is -3.35. The third-order valence-electron chi connectivity index (χ3n) is 8.03. The number of carbonyl (C=O) groups is 2. The smallest absolute Gasteiger partial charge is 0.416 e. The highest BCUT2D eigenvalue weighted by molar-refractivity contribution is 5.73. The standard InChI is InChI=1S/C29H32F7N3O3/c1-17-12-23(30)4-5-25(17)26-16-24(38-10-8-37(9-11-38)19(3)40)6-7-39(26)27(41)42-18(2)20-13-21(28(31,32)33)15-22(14-20)29(34,35)36/h4-5,12-15,18,24,26H,6-11,16H2,1-3H3/t18-,24+,26-/m1/s1. The Morgan fingerprint density at radius 3 is 2.02 bits per heavy atom. The van der Waals surface area contributed by atoms with Crippen LogP contribution in [-0.2, 0) is 21.9 Å². The zero-order valence-corrected chi connectivity index (χ0v) is 23.4. The summed E-state index contributed by atoms with van der Waals surface area (Å²) in [7, 11) is 0. The minimum Gasteiger partial charge on any atom is -0.442 e. The Bertz CT molecular complexity index is 1270. The molecule has 3 atom stereocenters. The number of benzene rings is 2. The van der Waals surface area contributed by atoms with E-state index in [1.165, 1.54) is 30.9 Å². The van der Waals surface area contributed by atoms with Crippen LogP contribution in [0.15, 0.2) is 36.4 Å². The van der Waals surface area contributed by atoms with Crippen molar-refractivity contribution in [3.63, 3.8) is 0 Å². The summed E-state index contributed by atoms with van der Waals surface area (Å²) in [5.74, 6) is -0.471. The number of hydrogen-bond acceptors (Lipinski definition) is 4. The first kappa shape index (κ1) is 31.6. The molecule has 0 aliphatic carbocycles. The van der Waals surface area contributed by atoms with E-state index in [2.05, 4.69) is 4.90 Å². The second-order valence-electron chi connectivity index (χ2n) is 10.8. The number of carbonyl (C=O) groups excluding carboxylic acids is 2. The maximum absolute atomic E-state index is 13.9. The SMILES string of the molecule is CC(=O)N1CCN([C@H]2CCN(C(=O)O[C@H](C)c3cc(C(F)(F)F)cc(C(F)(F)F)c3)[C@@H](c3ccc(F)cc3C)C2)CC1. The summed E-state index contributed by atoms with van der Waals surface area (Å²) in [6, 6.07) is 4.71. The largest absolute Gasteiger partial charge is 0.442 e. The van der Waals surface area contributed by atoms with Crippen LogP contribution < -0.4 is 0 Å². The molecule has 230 valence electrons. The van der Waals surface area contributed by atoms with Crippen LogP contribution >= 0.6 is 0 Å². The molecule has 0 spiro atoms. The topological polar surface area (TPSA) is 53.1 Å². The molecule has 6 nitrogen and oxygen atoms in total. The van der Waals surface area contributed by atoms with Gasteiger partial charge in [-0.05, 0) is 73.7 Å². The van der Waals surface area contributed by atoms with E-state index in [4.69, 9.17) is 4.74 Å². The zero-order valence-electron chi connectivity index (χ0n) is 23.4. The lowest BCUT2D eigenvalue weighted by Crippen LogP contribution is -2.55. The van der Waals surface area contributed by atoms with Crippen molar-refractivity contribution in [2.24, 2.45) is 0 Å². The molecule has 4 rings (SSSR count). The van der Waals surface area contributed by atoms with Crippen molar-refractivity contribution in [1.82, 2.24) is 14.7 Å². The molecule has 42 heavy (non-hydrogen) atoms. The predicted molar refractivity (Wildman–Crippen MR) is 139 cm³/mol. The van der Waals surface area contributed by atoms with Crippen molar-refractivity contribution < 1.29 is 45.1 Å². The lowest BCUT2D eigenvalue weighted by Gasteiger charge is -2.46.